The van der Waals surface area contributed by atoms with Gasteiger partial charge in [0.1, 0.15) is 6.04 Å². The van der Waals surface area contributed by atoms with Gasteiger partial charge in [-0.2, -0.15) is 0 Å². The highest BCUT2D eigenvalue weighted by Crippen LogP contribution is 2.24. The van der Waals surface area contributed by atoms with Crippen molar-refractivity contribution < 1.29 is 9.00 Å². The van der Waals surface area contributed by atoms with Crippen molar-refractivity contribution in [1.82, 2.24) is 10.2 Å². The van der Waals surface area contributed by atoms with Crippen LogP contribution in [0.15, 0.2) is 30.3 Å². The molecule has 19 heavy (non-hydrogen) atoms. The van der Waals surface area contributed by atoms with E-state index in [9.17, 15) is 9.00 Å². The van der Waals surface area contributed by atoms with Gasteiger partial charge in [0, 0.05) is 28.9 Å². The van der Waals surface area contributed by atoms with E-state index in [0.717, 1.165) is 5.56 Å². The molecule has 0 aliphatic carbocycles. The first-order chi connectivity index (χ1) is 9.00. The van der Waals surface area contributed by atoms with E-state index in [1.807, 2.05) is 44.2 Å². The number of nitrogens with one attached hydrogen (secondary N) is 1. The van der Waals surface area contributed by atoms with Gasteiger partial charge < -0.3 is 4.90 Å². The fourth-order valence-corrected chi connectivity index (χ4v) is 2.64. The summed E-state index contributed by atoms with van der Waals surface area (Å²) in [4.78, 5) is 14.2. The molecule has 1 saturated heterocycles. The van der Waals surface area contributed by atoms with E-state index in [1.54, 1.807) is 11.2 Å². The third kappa shape index (κ3) is 3.04. The molecule has 1 heterocycles. The smallest absolute Gasteiger partial charge is 0.245 e. The highest BCUT2D eigenvalue weighted by Gasteiger charge is 2.37. The van der Waals surface area contributed by atoms with Gasteiger partial charge in [-0.25, -0.2) is 0 Å². The van der Waals surface area contributed by atoms with Crippen LogP contribution < -0.4 is 5.32 Å². The predicted octanol–water partition coefficient (Wildman–Crippen LogP) is 1.27. The lowest BCUT2D eigenvalue weighted by molar-refractivity contribution is -0.129. The second-order valence-electron chi connectivity index (χ2n) is 4.99. The number of benzene rings is 1. The Morgan fingerprint density at radius 3 is 2.58 bits per heavy atom. The Morgan fingerprint density at radius 2 is 2.00 bits per heavy atom. The summed E-state index contributed by atoms with van der Waals surface area (Å²) in [6.45, 7) is 4.40. The van der Waals surface area contributed by atoms with Crippen molar-refractivity contribution in [3.05, 3.63) is 35.9 Å². The number of amides is 1. The molecule has 104 valence electrons. The van der Waals surface area contributed by atoms with Crippen LogP contribution >= 0.6 is 0 Å². The maximum absolute atomic E-state index is 12.4. The minimum Gasteiger partial charge on any atom is -0.325 e. The van der Waals surface area contributed by atoms with Gasteiger partial charge in [0.05, 0.1) is 6.17 Å². The zero-order valence-electron chi connectivity index (χ0n) is 11.5. The minimum atomic E-state index is -0.914. The molecular weight excluding hydrogens is 260 g/mol. The van der Waals surface area contributed by atoms with Crippen molar-refractivity contribution >= 4 is 16.7 Å². The van der Waals surface area contributed by atoms with Crippen molar-refractivity contribution in [2.45, 2.75) is 31.3 Å². The molecule has 4 nitrogen and oxygen atoms in total. The molecule has 1 N–H and O–H groups in total. The lowest BCUT2D eigenvalue weighted by atomic mass is 10.1. The normalized spacial score (nSPS) is 26.5. The predicted molar refractivity (Wildman–Crippen MR) is 77.0 cm³/mol. The van der Waals surface area contributed by atoms with Crippen LogP contribution in [0.1, 0.15) is 25.5 Å². The fourth-order valence-electron chi connectivity index (χ4n) is 2.27. The monoisotopic (exact) mass is 280 g/mol. The molecular formula is C14H20N2O2S. The summed E-state index contributed by atoms with van der Waals surface area (Å²) in [5, 5.41) is 3.28. The van der Waals surface area contributed by atoms with Crippen molar-refractivity contribution in [3.63, 3.8) is 0 Å². The van der Waals surface area contributed by atoms with E-state index in [-0.39, 0.29) is 23.4 Å². The van der Waals surface area contributed by atoms with Crippen LogP contribution in [0.3, 0.4) is 0 Å². The average molecular weight is 280 g/mol. The van der Waals surface area contributed by atoms with Crippen molar-refractivity contribution in [3.8, 4) is 0 Å². The second kappa shape index (κ2) is 5.84. The lowest BCUT2D eigenvalue weighted by Gasteiger charge is -2.23. The molecule has 1 amide bonds. The van der Waals surface area contributed by atoms with Crippen molar-refractivity contribution in [1.29, 1.82) is 0 Å². The third-order valence-corrected chi connectivity index (χ3v) is 4.84. The van der Waals surface area contributed by atoms with Crippen LogP contribution in [0, 0.1) is 0 Å². The molecule has 0 radical (unpaired) electrons. The SMILES string of the molecule is CC1NC(c2ccccc2)C(=O)N1CC(C)S(C)=O. The molecule has 5 heteroatoms. The van der Waals surface area contributed by atoms with E-state index in [2.05, 4.69) is 5.32 Å². The number of nitrogens with zero attached hydrogens (tertiary/aromatic N) is 1. The Labute approximate surface area is 116 Å². The lowest BCUT2D eigenvalue weighted by Crippen LogP contribution is -2.40. The Balaban J connectivity index is 2.13. The van der Waals surface area contributed by atoms with Crippen LogP contribution in [-0.2, 0) is 15.6 Å². The summed E-state index contributed by atoms with van der Waals surface area (Å²) < 4.78 is 11.4. The van der Waals surface area contributed by atoms with Crippen molar-refractivity contribution in [2.75, 3.05) is 12.8 Å². The molecule has 4 atom stereocenters. The fraction of sp³-hybridized carbons (Fsp3) is 0.500. The molecule has 1 aliphatic rings. The van der Waals surface area contributed by atoms with Crippen LogP contribution in [0.4, 0.5) is 0 Å². The summed E-state index contributed by atoms with van der Waals surface area (Å²) in [6, 6.07) is 9.42. The first kappa shape index (κ1) is 14.2. The highest BCUT2D eigenvalue weighted by atomic mass is 32.2. The Kier molecular flexibility index (Phi) is 4.37. The molecule has 0 spiro atoms. The zero-order valence-corrected chi connectivity index (χ0v) is 12.3. The average Bonchev–Trinajstić information content (AvgIpc) is 2.67. The molecule has 1 aromatic carbocycles. The second-order valence-corrected chi connectivity index (χ2v) is 6.79. The van der Waals surface area contributed by atoms with Gasteiger partial charge in [0.2, 0.25) is 5.91 Å². The summed E-state index contributed by atoms with van der Waals surface area (Å²) in [7, 11) is -0.914. The van der Waals surface area contributed by atoms with E-state index in [1.165, 1.54) is 0 Å². The Morgan fingerprint density at radius 1 is 1.37 bits per heavy atom. The van der Waals surface area contributed by atoms with Gasteiger partial charge >= 0.3 is 0 Å². The quantitative estimate of drug-likeness (QED) is 0.903. The number of carbonyl (C=O) groups excluding carboxylic acids is 1. The summed E-state index contributed by atoms with van der Waals surface area (Å²) in [5.41, 5.74) is 0.979. The van der Waals surface area contributed by atoms with E-state index < -0.39 is 10.8 Å². The number of rotatable bonds is 4. The Bertz CT molecular complexity index is 478. The van der Waals surface area contributed by atoms with E-state index >= 15 is 0 Å². The third-order valence-electron chi connectivity index (χ3n) is 3.56. The molecule has 1 aromatic rings. The first-order valence-electron chi connectivity index (χ1n) is 6.44. The maximum atomic E-state index is 12.4. The van der Waals surface area contributed by atoms with E-state index in [0.29, 0.717) is 6.54 Å². The van der Waals surface area contributed by atoms with Crippen molar-refractivity contribution in [2.24, 2.45) is 0 Å². The molecule has 0 saturated carbocycles. The Hall–Kier alpha value is -1.20. The van der Waals surface area contributed by atoms with Gasteiger partial charge in [-0.1, -0.05) is 30.3 Å². The van der Waals surface area contributed by atoms with Gasteiger partial charge in [-0.3, -0.25) is 14.3 Å². The van der Waals surface area contributed by atoms with Gasteiger partial charge in [-0.05, 0) is 19.4 Å². The highest BCUT2D eigenvalue weighted by molar-refractivity contribution is 7.84. The number of hydrogen-bond donors (Lipinski definition) is 1. The molecule has 0 bridgehead atoms. The largest absolute Gasteiger partial charge is 0.325 e. The topological polar surface area (TPSA) is 49.4 Å². The molecule has 1 aliphatic heterocycles. The van der Waals surface area contributed by atoms with Crippen LogP contribution in [-0.4, -0.2) is 39.2 Å². The summed E-state index contributed by atoms with van der Waals surface area (Å²) in [6.07, 6.45) is 1.65. The first-order valence-corrected chi connectivity index (χ1v) is 8.06. The zero-order chi connectivity index (χ0) is 14.0. The van der Waals surface area contributed by atoms with Crippen LogP contribution in [0.5, 0.6) is 0 Å². The number of hydrogen-bond acceptors (Lipinski definition) is 3. The minimum absolute atomic E-state index is 0.0114. The summed E-state index contributed by atoms with van der Waals surface area (Å²) in [5.74, 6) is 0.0657. The molecule has 2 rings (SSSR count). The van der Waals surface area contributed by atoms with E-state index in [4.69, 9.17) is 0 Å². The molecule has 0 aromatic heterocycles. The van der Waals surface area contributed by atoms with Crippen LogP contribution in [0.25, 0.3) is 0 Å². The standard InChI is InChI=1S/C14H20N2O2S/c1-10(19(3)18)9-16-11(2)15-13(14(16)17)12-7-5-4-6-8-12/h4-8,10-11,13,15H,9H2,1-3H3. The molecule has 1 fully saturated rings. The molecule has 4 unspecified atom stereocenters. The van der Waals surface area contributed by atoms with Gasteiger partial charge in [0.25, 0.3) is 0 Å². The summed E-state index contributed by atoms with van der Waals surface area (Å²) >= 11 is 0. The van der Waals surface area contributed by atoms with Gasteiger partial charge in [-0.15, -0.1) is 0 Å². The van der Waals surface area contributed by atoms with Gasteiger partial charge in [0.15, 0.2) is 0 Å². The number of carbonyl (C=O) groups is 1. The van der Waals surface area contributed by atoms with Crippen LogP contribution in [0.2, 0.25) is 0 Å². The maximum Gasteiger partial charge on any atom is 0.245 e.